The van der Waals surface area contributed by atoms with Crippen LogP contribution >= 0.6 is 0 Å². The standard InChI is InChI=1S/C12H18N4O/c1-8-4-3-5-9(2)11(8)16-10(17)6-7-15-12(13)14/h3-5H,6-7H2,1-2H3,(H,16,17)(H4,13,14,15). The van der Waals surface area contributed by atoms with Gasteiger partial charge in [0.25, 0.3) is 0 Å². The molecule has 0 aliphatic carbocycles. The van der Waals surface area contributed by atoms with Crippen molar-refractivity contribution in [3.8, 4) is 0 Å². The molecular weight excluding hydrogens is 216 g/mol. The summed E-state index contributed by atoms with van der Waals surface area (Å²) in [5, 5.41) is 2.86. The van der Waals surface area contributed by atoms with Gasteiger partial charge in [-0.1, -0.05) is 18.2 Å². The maximum absolute atomic E-state index is 11.6. The number of benzene rings is 1. The summed E-state index contributed by atoms with van der Waals surface area (Å²) in [6, 6.07) is 5.87. The first kappa shape index (κ1) is 13.0. The Bertz CT molecular complexity index is 416. The number of aliphatic imine (C=N–C) groups is 1. The van der Waals surface area contributed by atoms with Crippen LogP contribution in [0.25, 0.3) is 0 Å². The Morgan fingerprint density at radius 3 is 2.41 bits per heavy atom. The molecule has 0 fully saturated rings. The highest BCUT2D eigenvalue weighted by Crippen LogP contribution is 2.19. The number of guanidine groups is 1. The molecular formula is C12H18N4O. The number of para-hydroxylation sites is 1. The molecule has 0 radical (unpaired) electrons. The zero-order valence-corrected chi connectivity index (χ0v) is 10.2. The average Bonchev–Trinajstić information content (AvgIpc) is 2.23. The number of carbonyl (C=O) groups is 1. The predicted octanol–water partition coefficient (Wildman–Crippen LogP) is 0.905. The number of hydrogen-bond acceptors (Lipinski definition) is 2. The summed E-state index contributed by atoms with van der Waals surface area (Å²) in [5.41, 5.74) is 13.3. The molecule has 1 aromatic rings. The Morgan fingerprint density at radius 2 is 1.88 bits per heavy atom. The number of nitrogens with two attached hydrogens (primary N) is 2. The lowest BCUT2D eigenvalue weighted by Gasteiger charge is -2.10. The van der Waals surface area contributed by atoms with Crippen molar-refractivity contribution in [2.24, 2.45) is 16.5 Å². The van der Waals surface area contributed by atoms with Crippen molar-refractivity contribution in [3.05, 3.63) is 29.3 Å². The molecule has 0 heterocycles. The van der Waals surface area contributed by atoms with E-state index in [0.29, 0.717) is 6.54 Å². The molecule has 0 saturated heterocycles. The lowest BCUT2D eigenvalue weighted by molar-refractivity contribution is -0.116. The van der Waals surface area contributed by atoms with E-state index in [1.807, 2.05) is 32.0 Å². The van der Waals surface area contributed by atoms with Crippen molar-refractivity contribution in [2.75, 3.05) is 11.9 Å². The van der Waals surface area contributed by atoms with Crippen LogP contribution in [0.2, 0.25) is 0 Å². The van der Waals surface area contributed by atoms with Crippen molar-refractivity contribution >= 4 is 17.6 Å². The van der Waals surface area contributed by atoms with Crippen LogP contribution in [0.4, 0.5) is 5.69 Å². The SMILES string of the molecule is Cc1cccc(C)c1NC(=O)CCN=C(N)N. The van der Waals surface area contributed by atoms with Crippen LogP contribution in [-0.4, -0.2) is 18.4 Å². The number of amides is 1. The van der Waals surface area contributed by atoms with Gasteiger partial charge >= 0.3 is 0 Å². The second kappa shape index (κ2) is 5.89. The molecule has 5 heteroatoms. The van der Waals surface area contributed by atoms with E-state index >= 15 is 0 Å². The van der Waals surface area contributed by atoms with Crippen LogP contribution in [0.1, 0.15) is 17.5 Å². The van der Waals surface area contributed by atoms with Crippen molar-refractivity contribution in [2.45, 2.75) is 20.3 Å². The van der Waals surface area contributed by atoms with E-state index in [4.69, 9.17) is 11.5 Å². The Hall–Kier alpha value is -2.04. The zero-order valence-electron chi connectivity index (χ0n) is 10.2. The largest absolute Gasteiger partial charge is 0.370 e. The summed E-state index contributed by atoms with van der Waals surface area (Å²) in [4.78, 5) is 15.4. The molecule has 0 atom stereocenters. The molecule has 0 spiro atoms. The van der Waals surface area contributed by atoms with Gasteiger partial charge in [-0.25, -0.2) is 0 Å². The van der Waals surface area contributed by atoms with E-state index in [1.54, 1.807) is 0 Å². The first-order valence-electron chi connectivity index (χ1n) is 5.42. The van der Waals surface area contributed by atoms with Gasteiger partial charge in [-0.05, 0) is 25.0 Å². The molecule has 0 aliphatic rings. The highest BCUT2D eigenvalue weighted by atomic mass is 16.1. The first-order valence-corrected chi connectivity index (χ1v) is 5.42. The van der Waals surface area contributed by atoms with Crippen LogP contribution in [0.5, 0.6) is 0 Å². The number of rotatable bonds is 4. The summed E-state index contributed by atoms with van der Waals surface area (Å²) in [6.45, 7) is 4.22. The van der Waals surface area contributed by atoms with Crippen LogP contribution in [0, 0.1) is 13.8 Å². The summed E-state index contributed by atoms with van der Waals surface area (Å²) in [7, 11) is 0. The summed E-state index contributed by atoms with van der Waals surface area (Å²) < 4.78 is 0. The second-order valence-electron chi connectivity index (χ2n) is 3.87. The molecule has 0 bridgehead atoms. The zero-order chi connectivity index (χ0) is 12.8. The van der Waals surface area contributed by atoms with Crippen LogP contribution in [0.15, 0.2) is 23.2 Å². The first-order chi connectivity index (χ1) is 8.00. The Balaban J connectivity index is 2.59. The highest BCUT2D eigenvalue weighted by Gasteiger charge is 2.06. The van der Waals surface area contributed by atoms with Crippen LogP contribution in [-0.2, 0) is 4.79 Å². The highest BCUT2D eigenvalue weighted by molar-refractivity contribution is 5.92. The topological polar surface area (TPSA) is 93.5 Å². The van der Waals surface area contributed by atoms with Gasteiger partial charge in [0, 0.05) is 12.1 Å². The van der Waals surface area contributed by atoms with Gasteiger partial charge in [0.2, 0.25) is 5.91 Å². The summed E-state index contributed by atoms with van der Waals surface area (Å²) in [6.07, 6.45) is 0.270. The Morgan fingerprint density at radius 1 is 1.29 bits per heavy atom. The fourth-order valence-electron chi connectivity index (χ4n) is 1.50. The molecule has 5 N–H and O–H groups in total. The Labute approximate surface area is 101 Å². The van der Waals surface area contributed by atoms with Crippen molar-refractivity contribution < 1.29 is 4.79 Å². The molecule has 0 aliphatic heterocycles. The smallest absolute Gasteiger partial charge is 0.226 e. The van der Waals surface area contributed by atoms with E-state index in [2.05, 4.69) is 10.3 Å². The minimum absolute atomic E-state index is 0.00451. The Kier molecular flexibility index (Phi) is 4.51. The van der Waals surface area contributed by atoms with E-state index in [1.165, 1.54) is 0 Å². The fraction of sp³-hybridized carbons (Fsp3) is 0.333. The van der Waals surface area contributed by atoms with E-state index in [9.17, 15) is 4.79 Å². The molecule has 0 aromatic heterocycles. The number of aryl methyl sites for hydroxylation is 2. The lowest BCUT2D eigenvalue weighted by Crippen LogP contribution is -2.23. The quantitative estimate of drug-likeness (QED) is 0.534. The number of carbonyl (C=O) groups excluding carboxylic acids is 1. The fourth-order valence-corrected chi connectivity index (χ4v) is 1.50. The summed E-state index contributed by atoms with van der Waals surface area (Å²) >= 11 is 0. The van der Waals surface area contributed by atoms with Gasteiger partial charge in [-0.15, -0.1) is 0 Å². The lowest BCUT2D eigenvalue weighted by atomic mass is 10.1. The van der Waals surface area contributed by atoms with Gasteiger partial charge in [-0.2, -0.15) is 0 Å². The second-order valence-corrected chi connectivity index (χ2v) is 3.87. The molecule has 1 aromatic carbocycles. The third-order valence-corrected chi connectivity index (χ3v) is 2.38. The molecule has 92 valence electrons. The maximum atomic E-state index is 11.6. The minimum Gasteiger partial charge on any atom is -0.370 e. The number of anilines is 1. The third kappa shape index (κ3) is 4.14. The third-order valence-electron chi connectivity index (χ3n) is 2.38. The van der Waals surface area contributed by atoms with E-state index in [-0.39, 0.29) is 18.3 Å². The number of hydrogen-bond donors (Lipinski definition) is 3. The van der Waals surface area contributed by atoms with Gasteiger partial charge in [0.1, 0.15) is 0 Å². The van der Waals surface area contributed by atoms with E-state index < -0.39 is 0 Å². The minimum atomic E-state index is -0.0904. The normalized spacial score (nSPS) is 9.76. The molecule has 0 saturated carbocycles. The van der Waals surface area contributed by atoms with Crippen molar-refractivity contribution in [1.29, 1.82) is 0 Å². The van der Waals surface area contributed by atoms with Crippen molar-refractivity contribution in [1.82, 2.24) is 0 Å². The van der Waals surface area contributed by atoms with E-state index in [0.717, 1.165) is 16.8 Å². The van der Waals surface area contributed by atoms with Gasteiger partial charge in [-0.3, -0.25) is 9.79 Å². The predicted molar refractivity (Wildman–Crippen MR) is 69.8 cm³/mol. The van der Waals surface area contributed by atoms with Gasteiger partial charge in [0.15, 0.2) is 5.96 Å². The summed E-state index contributed by atoms with van der Waals surface area (Å²) in [5.74, 6) is -0.0859. The monoisotopic (exact) mass is 234 g/mol. The maximum Gasteiger partial charge on any atom is 0.226 e. The number of nitrogens with one attached hydrogen (secondary N) is 1. The molecule has 5 nitrogen and oxygen atoms in total. The van der Waals surface area contributed by atoms with Crippen LogP contribution < -0.4 is 16.8 Å². The molecule has 0 unspecified atom stereocenters. The molecule has 1 amide bonds. The number of nitrogens with zero attached hydrogens (tertiary/aromatic N) is 1. The molecule has 17 heavy (non-hydrogen) atoms. The average molecular weight is 234 g/mol. The van der Waals surface area contributed by atoms with Gasteiger partial charge in [0.05, 0.1) is 6.54 Å². The van der Waals surface area contributed by atoms with Gasteiger partial charge < -0.3 is 16.8 Å². The van der Waals surface area contributed by atoms with Crippen molar-refractivity contribution in [3.63, 3.8) is 0 Å². The van der Waals surface area contributed by atoms with Crippen LogP contribution in [0.3, 0.4) is 0 Å². The molecule has 1 rings (SSSR count).